The summed E-state index contributed by atoms with van der Waals surface area (Å²) in [5, 5.41) is 0. The minimum Gasteiger partial charge on any atom is -0.497 e. The first-order valence-corrected chi connectivity index (χ1v) is 5.78. The Kier molecular flexibility index (Phi) is 6.44. The molecule has 0 bridgehead atoms. The van der Waals surface area contributed by atoms with E-state index in [1.165, 1.54) is 0 Å². The number of hydrogen-bond acceptors (Lipinski definition) is 5. The molecule has 0 atom stereocenters. The average molecular weight is 301 g/mol. The van der Waals surface area contributed by atoms with E-state index < -0.39 is 0 Å². The van der Waals surface area contributed by atoms with Crippen molar-refractivity contribution in [3.8, 4) is 5.75 Å². The number of aromatic amines is 1. The van der Waals surface area contributed by atoms with Crippen LogP contribution in [0.1, 0.15) is 11.1 Å². The fourth-order valence-electron chi connectivity index (χ4n) is 1.67. The molecule has 19 heavy (non-hydrogen) atoms. The number of H-pyrrole nitrogens is 1. The number of rotatable bonds is 3. The van der Waals surface area contributed by atoms with Crippen LogP contribution in [0.25, 0.3) is 0 Å². The first-order chi connectivity index (χ1) is 8.60. The third kappa shape index (κ3) is 4.27. The molecule has 5 nitrogen and oxygen atoms in total. The average Bonchev–Trinajstić information content (AvgIpc) is 2.34. The van der Waals surface area contributed by atoms with Gasteiger partial charge in [0.25, 0.3) is 0 Å². The molecule has 2 rings (SSSR count). The van der Waals surface area contributed by atoms with Crippen LogP contribution in [-0.4, -0.2) is 17.1 Å². The predicted molar refractivity (Wildman–Crippen MR) is 74.0 cm³/mol. The Labute approximate surface area is 159 Å². The molecule has 0 saturated heterocycles. The van der Waals surface area contributed by atoms with Crippen LogP contribution in [-0.2, 0) is 6.42 Å². The zero-order chi connectivity index (χ0) is 13.1. The quantitative estimate of drug-likeness (QED) is 0.495. The van der Waals surface area contributed by atoms with Crippen molar-refractivity contribution in [2.24, 2.45) is 0 Å². The monoisotopic (exact) mass is 301 g/mol. The number of anilines is 2. The summed E-state index contributed by atoms with van der Waals surface area (Å²) in [6.45, 7) is 0. The van der Waals surface area contributed by atoms with Crippen molar-refractivity contribution in [1.29, 1.82) is 0 Å². The number of nitrogen functional groups attached to an aromatic ring is 2. The van der Waals surface area contributed by atoms with Gasteiger partial charge in [0.1, 0.15) is 17.4 Å². The molecule has 2 aromatic rings. The summed E-state index contributed by atoms with van der Waals surface area (Å²) in [4.78, 5) is 6.80. The zero-order valence-electron chi connectivity index (χ0n) is 10.9. The summed E-state index contributed by atoms with van der Waals surface area (Å²) >= 11 is 4.90. The van der Waals surface area contributed by atoms with Gasteiger partial charge in [0.05, 0.1) is 7.11 Å². The maximum Gasteiger partial charge on any atom is 1.00 e. The third-order valence-electron chi connectivity index (χ3n) is 2.64. The van der Waals surface area contributed by atoms with Crippen LogP contribution < -0.4 is 67.6 Å². The normalized spacial score (nSPS) is 9.74. The van der Waals surface area contributed by atoms with E-state index in [1.54, 1.807) is 7.11 Å². The Morgan fingerprint density at radius 2 is 1.89 bits per heavy atom. The molecule has 5 N–H and O–H groups in total. The molecule has 0 spiro atoms. The molecule has 0 saturated carbocycles. The van der Waals surface area contributed by atoms with Gasteiger partial charge in [-0.2, -0.15) is 0 Å². The molecule has 0 radical (unpaired) electrons. The van der Waals surface area contributed by atoms with Gasteiger partial charge >= 0.3 is 51.4 Å². The van der Waals surface area contributed by atoms with Crippen LogP contribution in [0.4, 0.5) is 11.6 Å². The van der Waals surface area contributed by atoms with Gasteiger partial charge in [0.2, 0.25) is 0 Å². The maximum atomic E-state index is 5.86. The van der Waals surface area contributed by atoms with E-state index in [1.807, 2.05) is 24.3 Å². The van der Waals surface area contributed by atoms with Crippen LogP contribution in [0.2, 0.25) is 0 Å². The van der Waals surface area contributed by atoms with E-state index in [-0.39, 0.29) is 51.4 Å². The van der Waals surface area contributed by atoms with Crippen molar-refractivity contribution in [2.45, 2.75) is 6.42 Å². The van der Waals surface area contributed by atoms with E-state index >= 15 is 0 Å². The smallest absolute Gasteiger partial charge is 0.497 e. The van der Waals surface area contributed by atoms with Crippen LogP contribution in [0.15, 0.2) is 24.3 Å². The van der Waals surface area contributed by atoms with E-state index in [4.69, 9.17) is 28.4 Å². The Morgan fingerprint density at radius 1 is 1.26 bits per heavy atom. The molecule has 1 aromatic heterocycles. The molecule has 94 valence electrons. The topological polar surface area (TPSA) is 90.0 Å². The number of hydrogen-bond donors (Lipinski definition) is 3. The number of methoxy groups -OCH3 is 1. The van der Waals surface area contributed by atoms with Crippen LogP contribution in [0.5, 0.6) is 5.75 Å². The Morgan fingerprint density at radius 3 is 2.42 bits per heavy atom. The van der Waals surface area contributed by atoms with Gasteiger partial charge in [-0.3, -0.25) is 0 Å². The first kappa shape index (κ1) is 16.6. The van der Waals surface area contributed by atoms with Crippen LogP contribution in [0, 0.1) is 4.77 Å². The molecule has 0 aliphatic rings. The van der Waals surface area contributed by atoms with Gasteiger partial charge in [-0.15, -0.1) is 0 Å². The van der Waals surface area contributed by atoms with Crippen molar-refractivity contribution < 1.29 is 56.1 Å². The van der Waals surface area contributed by atoms with Gasteiger partial charge in [-0.05, 0) is 29.9 Å². The maximum absolute atomic E-state index is 5.86. The minimum absolute atomic E-state index is 0. The van der Waals surface area contributed by atoms with Gasteiger partial charge < -0.3 is 21.2 Å². The van der Waals surface area contributed by atoms with Gasteiger partial charge in [-0.25, -0.2) is 4.98 Å². The van der Waals surface area contributed by atoms with Crippen LogP contribution >= 0.6 is 12.2 Å². The van der Waals surface area contributed by atoms with E-state index in [2.05, 4.69) is 9.97 Å². The zero-order valence-corrected chi connectivity index (χ0v) is 14.9. The van der Waals surface area contributed by atoms with Crippen molar-refractivity contribution in [3.63, 3.8) is 0 Å². The van der Waals surface area contributed by atoms with Crippen molar-refractivity contribution in [2.75, 3.05) is 18.6 Å². The Hall–Kier alpha value is -0.444. The second-order valence-electron chi connectivity index (χ2n) is 3.84. The summed E-state index contributed by atoms with van der Waals surface area (Å²) in [7, 11) is 1.63. The molecular weight excluding hydrogens is 287 g/mol. The molecule has 1 heterocycles. The first-order valence-electron chi connectivity index (χ1n) is 5.37. The SMILES string of the molecule is COc1ccc(Cc2c(N)nc(=S)[nH]c2N)cc1.[K+]. The number of ether oxygens (including phenoxy) is 1. The molecular formula is C12H14KN4OS+. The third-order valence-corrected chi connectivity index (χ3v) is 2.83. The van der Waals surface area contributed by atoms with E-state index in [0.717, 1.165) is 16.9 Å². The molecule has 0 aliphatic carbocycles. The van der Waals surface area contributed by atoms with Gasteiger partial charge in [0, 0.05) is 12.0 Å². The summed E-state index contributed by atoms with van der Waals surface area (Å²) in [5.41, 5.74) is 13.5. The van der Waals surface area contributed by atoms with Crippen LogP contribution in [0.3, 0.4) is 0 Å². The summed E-state index contributed by atoms with van der Waals surface area (Å²) in [6, 6.07) is 7.69. The van der Waals surface area contributed by atoms with Crippen molar-refractivity contribution in [1.82, 2.24) is 9.97 Å². The fraction of sp³-hybridized carbons (Fsp3) is 0.167. The van der Waals surface area contributed by atoms with E-state index in [9.17, 15) is 0 Å². The number of nitrogens with zero attached hydrogens (tertiary/aromatic N) is 1. The Bertz CT molecular complexity index is 586. The van der Waals surface area contributed by atoms with Crippen molar-refractivity contribution in [3.05, 3.63) is 40.2 Å². The summed E-state index contributed by atoms with van der Waals surface area (Å²) in [6.07, 6.45) is 0.598. The van der Waals surface area contributed by atoms with Crippen molar-refractivity contribution >= 4 is 23.9 Å². The van der Waals surface area contributed by atoms with Gasteiger partial charge in [-0.1, -0.05) is 12.1 Å². The molecule has 7 heteroatoms. The Balaban J connectivity index is 0.00000180. The number of aromatic nitrogens is 2. The largest absolute Gasteiger partial charge is 1.00 e. The molecule has 0 aliphatic heterocycles. The minimum atomic E-state index is 0. The second-order valence-corrected chi connectivity index (χ2v) is 4.23. The fourth-order valence-corrected chi connectivity index (χ4v) is 1.88. The summed E-state index contributed by atoms with van der Waals surface area (Å²) in [5.74, 6) is 1.64. The molecule has 0 unspecified atom stereocenters. The predicted octanol–water partition coefficient (Wildman–Crippen LogP) is -1.09. The number of nitrogens with two attached hydrogens (primary N) is 2. The molecule has 1 aromatic carbocycles. The van der Waals surface area contributed by atoms with E-state index in [0.29, 0.717) is 22.8 Å². The number of nitrogens with one attached hydrogen (secondary N) is 1. The second kappa shape index (κ2) is 7.37. The summed E-state index contributed by atoms with van der Waals surface area (Å²) < 4.78 is 5.40. The standard InChI is InChI=1S/C12H14N4OS.K/c1-17-8-4-2-7(3-5-8)6-9-10(13)15-12(18)16-11(9)14;/h2-5H,6H2,1H3,(H5,13,14,15,16,18);/q;+1. The molecule has 0 fully saturated rings. The van der Waals surface area contributed by atoms with Gasteiger partial charge in [0.15, 0.2) is 4.77 Å². The molecule has 0 amide bonds. The number of benzene rings is 1.